The molecule has 0 heterocycles. The van der Waals surface area contributed by atoms with Gasteiger partial charge in [0.1, 0.15) is 0 Å². The van der Waals surface area contributed by atoms with E-state index in [2.05, 4.69) is 15.9 Å². The molecular formula is C15H18BrClO. The average Bonchev–Trinajstić information content (AvgIpc) is 2.94. The van der Waals surface area contributed by atoms with Gasteiger partial charge in [-0.05, 0) is 67.2 Å². The van der Waals surface area contributed by atoms with E-state index in [1.807, 2.05) is 18.2 Å². The molecule has 18 heavy (non-hydrogen) atoms. The molecule has 1 aromatic rings. The molecule has 2 bridgehead atoms. The Kier molecular flexibility index (Phi) is 3.70. The lowest BCUT2D eigenvalue weighted by Crippen LogP contribution is -2.14. The van der Waals surface area contributed by atoms with Crippen LogP contribution in [0.2, 0.25) is 5.02 Å². The third kappa shape index (κ3) is 2.48. The van der Waals surface area contributed by atoms with Gasteiger partial charge < -0.3 is 5.11 Å². The Morgan fingerprint density at radius 2 is 2.17 bits per heavy atom. The monoisotopic (exact) mass is 328 g/mol. The van der Waals surface area contributed by atoms with E-state index in [-0.39, 0.29) is 6.10 Å². The third-order valence-corrected chi connectivity index (χ3v) is 5.68. The fourth-order valence-electron chi connectivity index (χ4n) is 3.85. The van der Waals surface area contributed by atoms with Crippen LogP contribution >= 0.6 is 27.5 Å². The lowest BCUT2D eigenvalue weighted by atomic mass is 9.83. The summed E-state index contributed by atoms with van der Waals surface area (Å²) in [7, 11) is 0. The molecule has 1 N–H and O–H groups in total. The van der Waals surface area contributed by atoms with E-state index in [1.54, 1.807) is 0 Å². The molecule has 1 aromatic carbocycles. The number of hydrogen-bond acceptors (Lipinski definition) is 1. The summed E-state index contributed by atoms with van der Waals surface area (Å²) < 4.78 is 0.961. The van der Waals surface area contributed by atoms with E-state index in [1.165, 1.54) is 25.7 Å². The molecule has 2 fully saturated rings. The van der Waals surface area contributed by atoms with Gasteiger partial charge in [0.05, 0.1) is 6.10 Å². The number of fused-ring (bicyclic) bond motifs is 2. The van der Waals surface area contributed by atoms with Gasteiger partial charge in [-0.25, -0.2) is 0 Å². The second-order valence-corrected chi connectivity index (χ2v) is 7.14. The van der Waals surface area contributed by atoms with Crippen molar-refractivity contribution in [1.29, 1.82) is 0 Å². The molecule has 0 aliphatic heterocycles. The molecule has 2 saturated carbocycles. The highest BCUT2D eigenvalue weighted by molar-refractivity contribution is 9.10. The van der Waals surface area contributed by atoms with Gasteiger partial charge in [-0.3, -0.25) is 0 Å². The SMILES string of the molecule is OC(CC1CC2CCC1C2)c1cc(Cl)ccc1Br. The van der Waals surface area contributed by atoms with Gasteiger partial charge in [0.25, 0.3) is 0 Å². The Hall–Kier alpha value is -0.0500. The smallest absolute Gasteiger partial charge is 0.0804 e. The van der Waals surface area contributed by atoms with Crippen LogP contribution in [0, 0.1) is 17.8 Å². The van der Waals surface area contributed by atoms with Crippen LogP contribution in [0.3, 0.4) is 0 Å². The number of aliphatic hydroxyl groups is 1. The number of hydrogen-bond donors (Lipinski definition) is 1. The van der Waals surface area contributed by atoms with Gasteiger partial charge >= 0.3 is 0 Å². The maximum absolute atomic E-state index is 10.4. The Balaban J connectivity index is 1.71. The van der Waals surface area contributed by atoms with Crippen molar-refractivity contribution in [2.75, 3.05) is 0 Å². The van der Waals surface area contributed by atoms with Crippen molar-refractivity contribution in [2.24, 2.45) is 17.8 Å². The molecule has 0 aromatic heterocycles. The first-order chi connectivity index (χ1) is 8.63. The minimum atomic E-state index is -0.387. The van der Waals surface area contributed by atoms with E-state index in [4.69, 9.17) is 11.6 Å². The Morgan fingerprint density at radius 3 is 2.83 bits per heavy atom. The second-order valence-electron chi connectivity index (χ2n) is 5.85. The van der Waals surface area contributed by atoms with E-state index in [0.717, 1.165) is 28.3 Å². The number of benzene rings is 1. The summed E-state index contributed by atoms with van der Waals surface area (Å²) in [5.41, 5.74) is 0.935. The third-order valence-electron chi connectivity index (χ3n) is 4.73. The van der Waals surface area contributed by atoms with Crippen LogP contribution in [-0.2, 0) is 0 Å². The average molecular weight is 330 g/mol. The summed E-state index contributed by atoms with van der Waals surface area (Å²) in [6, 6.07) is 5.64. The molecule has 3 rings (SSSR count). The quantitative estimate of drug-likeness (QED) is 0.830. The molecule has 0 saturated heterocycles. The van der Waals surface area contributed by atoms with E-state index >= 15 is 0 Å². The number of rotatable bonds is 3. The highest BCUT2D eigenvalue weighted by Crippen LogP contribution is 2.51. The zero-order chi connectivity index (χ0) is 12.7. The van der Waals surface area contributed by atoms with Crippen LogP contribution < -0.4 is 0 Å². The first-order valence-electron chi connectivity index (χ1n) is 6.76. The molecule has 0 spiro atoms. The first kappa shape index (κ1) is 13.0. The van der Waals surface area contributed by atoms with Crippen molar-refractivity contribution < 1.29 is 5.11 Å². The maximum Gasteiger partial charge on any atom is 0.0804 e. The van der Waals surface area contributed by atoms with E-state index < -0.39 is 0 Å². The van der Waals surface area contributed by atoms with Gasteiger partial charge in [0.15, 0.2) is 0 Å². The molecule has 4 atom stereocenters. The highest BCUT2D eigenvalue weighted by Gasteiger charge is 2.40. The fraction of sp³-hybridized carbons (Fsp3) is 0.600. The zero-order valence-electron chi connectivity index (χ0n) is 10.3. The molecule has 0 radical (unpaired) electrons. The summed E-state index contributed by atoms with van der Waals surface area (Å²) in [6.07, 6.45) is 6.01. The van der Waals surface area contributed by atoms with Crippen molar-refractivity contribution in [3.8, 4) is 0 Å². The predicted molar refractivity (Wildman–Crippen MR) is 77.7 cm³/mol. The lowest BCUT2D eigenvalue weighted by Gasteiger charge is -2.24. The largest absolute Gasteiger partial charge is 0.388 e. The van der Waals surface area contributed by atoms with Crippen molar-refractivity contribution in [3.63, 3.8) is 0 Å². The molecule has 2 aliphatic rings. The number of halogens is 2. The predicted octanol–water partition coefficient (Wildman–Crippen LogP) is 4.96. The summed E-state index contributed by atoms with van der Waals surface area (Å²) in [4.78, 5) is 0. The van der Waals surface area contributed by atoms with Gasteiger partial charge in [0, 0.05) is 9.50 Å². The minimum absolute atomic E-state index is 0.387. The van der Waals surface area contributed by atoms with Crippen molar-refractivity contribution in [3.05, 3.63) is 33.3 Å². The summed E-state index contributed by atoms with van der Waals surface area (Å²) in [5, 5.41) is 11.1. The summed E-state index contributed by atoms with van der Waals surface area (Å²) in [5.74, 6) is 2.52. The number of aliphatic hydroxyl groups excluding tert-OH is 1. The molecule has 1 nitrogen and oxygen atoms in total. The molecule has 0 amide bonds. The Morgan fingerprint density at radius 1 is 1.33 bits per heavy atom. The molecule has 4 unspecified atom stereocenters. The van der Waals surface area contributed by atoms with Crippen LogP contribution in [0.5, 0.6) is 0 Å². The van der Waals surface area contributed by atoms with Crippen molar-refractivity contribution >= 4 is 27.5 Å². The lowest BCUT2D eigenvalue weighted by molar-refractivity contribution is 0.125. The Bertz CT molecular complexity index is 448. The summed E-state index contributed by atoms with van der Waals surface area (Å²) >= 11 is 9.51. The van der Waals surface area contributed by atoms with E-state index in [0.29, 0.717) is 10.9 Å². The van der Waals surface area contributed by atoms with Crippen molar-refractivity contribution in [1.82, 2.24) is 0 Å². The second kappa shape index (κ2) is 5.15. The normalized spacial score (nSPS) is 31.8. The van der Waals surface area contributed by atoms with Gasteiger partial charge in [-0.2, -0.15) is 0 Å². The maximum atomic E-state index is 10.4. The van der Waals surface area contributed by atoms with Crippen LogP contribution in [0.1, 0.15) is 43.8 Å². The molecule has 2 aliphatic carbocycles. The highest BCUT2D eigenvalue weighted by atomic mass is 79.9. The van der Waals surface area contributed by atoms with Crippen LogP contribution in [0.25, 0.3) is 0 Å². The van der Waals surface area contributed by atoms with Crippen LogP contribution in [0.4, 0.5) is 0 Å². The van der Waals surface area contributed by atoms with Crippen LogP contribution in [-0.4, -0.2) is 5.11 Å². The summed E-state index contributed by atoms with van der Waals surface area (Å²) in [6.45, 7) is 0. The van der Waals surface area contributed by atoms with Crippen molar-refractivity contribution in [2.45, 2.75) is 38.2 Å². The standard InChI is InChI=1S/C15H18BrClO/c16-14-4-3-12(17)8-13(14)15(18)7-11-6-9-1-2-10(11)5-9/h3-4,8-11,15,18H,1-2,5-7H2. The van der Waals surface area contributed by atoms with Gasteiger partial charge in [-0.15, -0.1) is 0 Å². The van der Waals surface area contributed by atoms with E-state index in [9.17, 15) is 5.11 Å². The minimum Gasteiger partial charge on any atom is -0.388 e. The first-order valence-corrected chi connectivity index (χ1v) is 7.93. The molecular weight excluding hydrogens is 312 g/mol. The van der Waals surface area contributed by atoms with Gasteiger partial charge in [0.2, 0.25) is 0 Å². The molecule has 3 heteroatoms. The topological polar surface area (TPSA) is 20.2 Å². The van der Waals surface area contributed by atoms with Crippen LogP contribution in [0.15, 0.2) is 22.7 Å². The Labute approximate surface area is 122 Å². The fourth-order valence-corrected chi connectivity index (χ4v) is 4.54. The molecule has 98 valence electrons. The zero-order valence-corrected chi connectivity index (χ0v) is 12.6. The van der Waals surface area contributed by atoms with Gasteiger partial charge in [-0.1, -0.05) is 34.0 Å².